The Hall–Kier alpha value is -2.56. The summed E-state index contributed by atoms with van der Waals surface area (Å²) < 4.78 is 5.66. The van der Waals surface area contributed by atoms with Crippen molar-refractivity contribution in [2.24, 2.45) is 11.8 Å². The van der Waals surface area contributed by atoms with E-state index in [4.69, 9.17) is 4.74 Å². The summed E-state index contributed by atoms with van der Waals surface area (Å²) in [4.78, 5) is 2.59. The van der Waals surface area contributed by atoms with Crippen LogP contribution in [-0.2, 0) is 30.5 Å². The average Bonchev–Trinajstić information content (AvgIpc) is 2.90. The number of methoxy groups -OCH3 is 1. The van der Waals surface area contributed by atoms with Crippen molar-refractivity contribution in [3.63, 3.8) is 0 Å². The van der Waals surface area contributed by atoms with E-state index >= 15 is 0 Å². The van der Waals surface area contributed by atoms with E-state index in [-0.39, 0.29) is 0 Å². The molecule has 0 saturated heterocycles. The fourth-order valence-corrected chi connectivity index (χ4v) is 5.68. The van der Waals surface area contributed by atoms with Gasteiger partial charge in [0.25, 0.3) is 0 Å². The molecule has 0 amide bonds. The van der Waals surface area contributed by atoms with Crippen LogP contribution in [0.1, 0.15) is 48.9 Å². The van der Waals surface area contributed by atoms with Crippen molar-refractivity contribution in [1.82, 2.24) is 10.2 Å². The Morgan fingerprint density at radius 2 is 1.83 bits per heavy atom. The number of hydrogen-bond acceptors (Lipinski definition) is 4. The maximum Gasteiger partial charge on any atom is 0.116 e. The van der Waals surface area contributed by atoms with E-state index in [1.165, 1.54) is 28.7 Å². The van der Waals surface area contributed by atoms with Gasteiger partial charge in [-0.25, -0.2) is 0 Å². The Labute approximate surface area is 211 Å². The second-order valence-corrected chi connectivity index (χ2v) is 10.0. The number of ether oxygens (including phenoxy) is 1. The Morgan fingerprint density at radius 3 is 2.57 bits per heavy atom. The number of phenols is 1. The van der Waals surface area contributed by atoms with Crippen molar-refractivity contribution < 1.29 is 9.84 Å². The highest BCUT2D eigenvalue weighted by molar-refractivity contribution is 5.37. The van der Waals surface area contributed by atoms with Gasteiger partial charge in [-0.1, -0.05) is 50.3 Å². The normalized spacial score (nSPS) is 21.6. The van der Waals surface area contributed by atoms with Gasteiger partial charge in [-0.05, 0) is 110 Å². The molecule has 2 aromatic rings. The maximum atomic E-state index is 9.88. The number of nitrogens with zero attached hydrogens (tertiary/aromatic N) is 1. The topological polar surface area (TPSA) is 44.7 Å². The zero-order valence-corrected chi connectivity index (χ0v) is 21.7. The first-order chi connectivity index (χ1) is 17.1. The maximum absolute atomic E-state index is 9.88. The third-order valence-electron chi connectivity index (χ3n) is 7.70. The summed E-state index contributed by atoms with van der Waals surface area (Å²) in [5, 5.41) is 13.4. The minimum atomic E-state index is 0.307. The van der Waals surface area contributed by atoms with Crippen LogP contribution in [0, 0.1) is 11.8 Å². The van der Waals surface area contributed by atoms with Crippen molar-refractivity contribution >= 4 is 0 Å². The molecular weight excluding hydrogens is 432 g/mol. The molecule has 0 aromatic heterocycles. The van der Waals surface area contributed by atoms with Gasteiger partial charge in [0, 0.05) is 12.6 Å². The third-order valence-corrected chi connectivity index (χ3v) is 7.70. The van der Waals surface area contributed by atoms with Gasteiger partial charge in [0.1, 0.15) is 11.5 Å². The van der Waals surface area contributed by atoms with Crippen LogP contribution in [-0.4, -0.2) is 42.8 Å². The molecule has 4 nitrogen and oxygen atoms in total. The van der Waals surface area contributed by atoms with Gasteiger partial charge in [0.2, 0.25) is 0 Å². The molecule has 2 aromatic carbocycles. The minimum absolute atomic E-state index is 0.307. The first-order valence-corrected chi connectivity index (χ1v) is 13.4. The van der Waals surface area contributed by atoms with Gasteiger partial charge in [-0.2, -0.15) is 0 Å². The molecule has 188 valence electrons. The van der Waals surface area contributed by atoms with Crippen molar-refractivity contribution in [2.45, 2.75) is 58.5 Å². The predicted molar refractivity (Wildman–Crippen MR) is 145 cm³/mol. The van der Waals surface area contributed by atoms with Crippen LogP contribution < -0.4 is 5.32 Å². The van der Waals surface area contributed by atoms with E-state index in [1.54, 1.807) is 7.11 Å². The van der Waals surface area contributed by atoms with Crippen molar-refractivity contribution in [3.05, 3.63) is 88.7 Å². The molecule has 3 atom stereocenters. The van der Waals surface area contributed by atoms with Crippen LogP contribution in [0.2, 0.25) is 0 Å². The molecule has 0 aliphatic heterocycles. The lowest BCUT2D eigenvalue weighted by atomic mass is 9.72. The molecule has 2 N–H and O–H groups in total. The summed E-state index contributed by atoms with van der Waals surface area (Å²) in [5.74, 6) is 2.36. The van der Waals surface area contributed by atoms with E-state index in [2.05, 4.69) is 72.6 Å². The van der Waals surface area contributed by atoms with E-state index in [0.29, 0.717) is 23.6 Å². The molecule has 0 saturated carbocycles. The van der Waals surface area contributed by atoms with E-state index in [1.807, 2.05) is 12.1 Å². The van der Waals surface area contributed by atoms with E-state index in [0.717, 1.165) is 57.6 Å². The number of nitrogens with one attached hydrogen (secondary N) is 1. The summed E-state index contributed by atoms with van der Waals surface area (Å²) in [6.07, 6.45) is 12.4. The number of hydrogen-bond donors (Lipinski definition) is 2. The van der Waals surface area contributed by atoms with Crippen LogP contribution in [0.15, 0.2) is 66.5 Å². The molecule has 4 rings (SSSR count). The minimum Gasteiger partial charge on any atom is -0.508 e. The second kappa shape index (κ2) is 12.4. The lowest BCUT2D eigenvalue weighted by Crippen LogP contribution is -2.43. The molecule has 0 heterocycles. The fraction of sp³-hybridized carbons (Fsp3) is 0.484. The summed E-state index contributed by atoms with van der Waals surface area (Å²) in [5.41, 5.74) is 5.46. The zero-order chi connectivity index (χ0) is 24.6. The van der Waals surface area contributed by atoms with E-state index < -0.39 is 0 Å². The molecule has 0 radical (unpaired) electrons. The smallest absolute Gasteiger partial charge is 0.116 e. The molecule has 2 aliphatic rings. The van der Waals surface area contributed by atoms with E-state index in [9.17, 15) is 5.11 Å². The van der Waals surface area contributed by atoms with Crippen molar-refractivity contribution in [3.8, 4) is 5.75 Å². The highest BCUT2D eigenvalue weighted by Crippen LogP contribution is 2.38. The lowest BCUT2D eigenvalue weighted by molar-refractivity contribution is 0.147. The first kappa shape index (κ1) is 25.5. The quantitative estimate of drug-likeness (QED) is 0.413. The van der Waals surface area contributed by atoms with Gasteiger partial charge in [-0.15, -0.1) is 0 Å². The standard InChI is InChI=1S/C31H42N2O2/c1-4-17-32-18-16-23-6-8-24(9-7-23)22-33(5-2)31-21-29(35-3)14-15-30(31)27-11-10-26-20-28(34)13-12-25(26)19-27/h6-9,12-15,20-21,27,30-32,34H,4-5,10-11,16-19,22H2,1-3H3/t27-,30?,31?/m1/s1. The van der Waals surface area contributed by atoms with Gasteiger partial charge in [-0.3, -0.25) is 4.90 Å². The lowest BCUT2D eigenvalue weighted by Gasteiger charge is -2.41. The van der Waals surface area contributed by atoms with Gasteiger partial charge < -0.3 is 15.2 Å². The van der Waals surface area contributed by atoms with Crippen LogP contribution in [0.5, 0.6) is 5.75 Å². The molecule has 35 heavy (non-hydrogen) atoms. The number of aryl methyl sites for hydroxylation is 1. The van der Waals surface area contributed by atoms with Gasteiger partial charge in [0.15, 0.2) is 0 Å². The molecule has 2 unspecified atom stereocenters. The van der Waals surface area contributed by atoms with Crippen molar-refractivity contribution in [2.75, 3.05) is 26.7 Å². The molecular formula is C31H42N2O2. The number of fused-ring (bicyclic) bond motifs is 1. The number of likely N-dealkylation sites (N-methyl/N-ethyl adjacent to an activating group) is 1. The van der Waals surface area contributed by atoms with Crippen LogP contribution in [0.4, 0.5) is 0 Å². The third kappa shape index (κ3) is 6.56. The van der Waals surface area contributed by atoms with Crippen LogP contribution >= 0.6 is 0 Å². The molecule has 0 spiro atoms. The average molecular weight is 475 g/mol. The van der Waals surface area contributed by atoms with Crippen LogP contribution in [0.25, 0.3) is 0 Å². The zero-order valence-electron chi connectivity index (χ0n) is 21.7. The molecule has 4 heteroatoms. The summed E-state index contributed by atoms with van der Waals surface area (Å²) >= 11 is 0. The Kier molecular flexibility index (Phi) is 9.06. The van der Waals surface area contributed by atoms with Gasteiger partial charge in [0.05, 0.1) is 7.11 Å². The van der Waals surface area contributed by atoms with Gasteiger partial charge >= 0.3 is 0 Å². The van der Waals surface area contributed by atoms with Crippen LogP contribution in [0.3, 0.4) is 0 Å². The SMILES string of the molecule is CCCNCCc1ccc(CN(CC)C2C=C(OC)C=CC2[C@@H]2CCc3cc(O)ccc3C2)cc1. The highest BCUT2D eigenvalue weighted by Gasteiger charge is 2.34. The summed E-state index contributed by atoms with van der Waals surface area (Å²) in [7, 11) is 1.77. The molecule has 0 fully saturated rings. The predicted octanol–water partition coefficient (Wildman–Crippen LogP) is 5.65. The number of phenolic OH excluding ortho intramolecular Hbond substituents is 1. The monoisotopic (exact) mass is 474 g/mol. The number of aromatic hydroxyl groups is 1. The number of benzene rings is 2. The fourth-order valence-electron chi connectivity index (χ4n) is 5.68. The number of allylic oxidation sites excluding steroid dienone is 1. The summed E-state index contributed by atoms with van der Waals surface area (Å²) in [6.45, 7) is 8.53. The Bertz CT molecular complexity index is 1010. The highest BCUT2D eigenvalue weighted by atomic mass is 16.5. The molecule has 0 bridgehead atoms. The Morgan fingerprint density at radius 1 is 1.03 bits per heavy atom. The largest absolute Gasteiger partial charge is 0.508 e. The summed E-state index contributed by atoms with van der Waals surface area (Å²) in [6, 6.07) is 15.4. The van der Waals surface area contributed by atoms with Crippen molar-refractivity contribution in [1.29, 1.82) is 0 Å². The Balaban J connectivity index is 1.46. The second-order valence-electron chi connectivity index (χ2n) is 10.0. The first-order valence-electron chi connectivity index (χ1n) is 13.4. The molecule has 2 aliphatic carbocycles. The number of rotatable bonds is 11.